The van der Waals surface area contributed by atoms with E-state index in [4.69, 9.17) is 4.74 Å². The van der Waals surface area contributed by atoms with Crippen molar-refractivity contribution in [1.82, 2.24) is 5.32 Å². The molecule has 0 aromatic carbocycles. The molecule has 1 saturated heterocycles. The molecule has 2 atom stereocenters. The van der Waals surface area contributed by atoms with Gasteiger partial charge in [-0.15, -0.1) is 0 Å². The number of nitrogens with one attached hydrogen (secondary N) is 1. The van der Waals surface area contributed by atoms with Crippen LogP contribution in [0.3, 0.4) is 0 Å². The summed E-state index contributed by atoms with van der Waals surface area (Å²) in [5.74, 6) is 0.824. The fourth-order valence-electron chi connectivity index (χ4n) is 2.19. The van der Waals surface area contributed by atoms with E-state index in [1.54, 1.807) is 0 Å². The molecule has 1 aliphatic heterocycles. The summed E-state index contributed by atoms with van der Waals surface area (Å²) in [5, 5.41) is 3.22. The Kier molecular flexibility index (Phi) is 6.20. The quantitative estimate of drug-likeness (QED) is 0.636. The van der Waals surface area contributed by atoms with Crippen LogP contribution in [0.25, 0.3) is 0 Å². The Hall–Kier alpha value is -0.0800. The maximum Gasteiger partial charge on any atom is 0.0576 e. The zero-order valence-corrected chi connectivity index (χ0v) is 9.72. The molecule has 1 fully saturated rings. The van der Waals surface area contributed by atoms with E-state index in [1.807, 2.05) is 7.05 Å². The number of hydrogen-bond donors (Lipinski definition) is 1. The molecule has 2 heteroatoms. The van der Waals surface area contributed by atoms with Crippen LogP contribution in [0.15, 0.2) is 0 Å². The molecular formula is C12H25NO. The molecule has 1 rings (SSSR count). The van der Waals surface area contributed by atoms with E-state index < -0.39 is 0 Å². The second kappa shape index (κ2) is 7.24. The number of rotatable bonds is 7. The first-order chi connectivity index (χ1) is 6.83. The van der Waals surface area contributed by atoms with Gasteiger partial charge in [0.2, 0.25) is 0 Å². The highest BCUT2D eigenvalue weighted by atomic mass is 16.5. The van der Waals surface area contributed by atoms with Gasteiger partial charge in [0, 0.05) is 6.61 Å². The van der Waals surface area contributed by atoms with E-state index in [2.05, 4.69) is 12.2 Å². The fraction of sp³-hybridized carbons (Fsp3) is 1.00. The fourth-order valence-corrected chi connectivity index (χ4v) is 2.19. The van der Waals surface area contributed by atoms with Crippen molar-refractivity contribution in [2.45, 2.75) is 51.6 Å². The molecule has 14 heavy (non-hydrogen) atoms. The lowest BCUT2D eigenvalue weighted by Crippen LogP contribution is -2.16. The Labute approximate surface area is 88.4 Å². The third kappa shape index (κ3) is 4.97. The lowest BCUT2D eigenvalue weighted by molar-refractivity contribution is 0.101. The molecular weight excluding hydrogens is 174 g/mol. The average molecular weight is 199 g/mol. The number of unbranched alkanes of at least 4 members (excludes halogenated alkanes) is 1. The molecule has 84 valence electrons. The van der Waals surface area contributed by atoms with E-state index >= 15 is 0 Å². The van der Waals surface area contributed by atoms with Gasteiger partial charge in [0.05, 0.1) is 6.10 Å². The summed E-state index contributed by atoms with van der Waals surface area (Å²) in [6, 6.07) is 0. The molecule has 2 nitrogen and oxygen atoms in total. The summed E-state index contributed by atoms with van der Waals surface area (Å²) >= 11 is 0. The van der Waals surface area contributed by atoms with Gasteiger partial charge in [0.15, 0.2) is 0 Å². The Bertz CT molecular complexity index is 132. The third-order valence-corrected chi connectivity index (χ3v) is 3.05. The maximum absolute atomic E-state index is 5.60. The van der Waals surface area contributed by atoms with Crippen molar-refractivity contribution in [1.29, 1.82) is 0 Å². The van der Waals surface area contributed by atoms with E-state index in [-0.39, 0.29) is 0 Å². The van der Waals surface area contributed by atoms with Crippen molar-refractivity contribution in [2.24, 2.45) is 5.92 Å². The minimum atomic E-state index is 0.592. The molecule has 2 unspecified atom stereocenters. The first kappa shape index (κ1) is 12.0. The normalized spacial score (nSPS) is 24.0. The molecule has 0 bridgehead atoms. The summed E-state index contributed by atoms with van der Waals surface area (Å²) < 4.78 is 5.60. The highest BCUT2D eigenvalue weighted by Crippen LogP contribution is 2.19. The molecule has 1 N–H and O–H groups in total. The zero-order chi connectivity index (χ0) is 10.2. The predicted molar refractivity (Wildman–Crippen MR) is 60.5 cm³/mol. The molecule has 0 aromatic heterocycles. The van der Waals surface area contributed by atoms with Crippen molar-refractivity contribution in [3.63, 3.8) is 0 Å². The summed E-state index contributed by atoms with van der Waals surface area (Å²) in [7, 11) is 2.03. The summed E-state index contributed by atoms with van der Waals surface area (Å²) in [5.41, 5.74) is 0. The van der Waals surface area contributed by atoms with Crippen LogP contribution < -0.4 is 5.32 Å². The van der Waals surface area contributed by atoms with Crippen molar-refractivity contribution in [2.75, 3.05) is 20.2 Å². The Balaban J connectivity index is 1.88. The van der Waals surface area contributed by atoms with Crippen molar-refractivity contribution >= 4 is 0 Å². The monoisotopic (exact) mass is 199 g/mol. The first-order valence-corrected chi connectivity index (χ1v) is 6.09. The van der Waals surface area contributed by atoms with E-state index in [1.165, 1.54) is 38.5 Å². The van der Waals surface area contributed by atoms with Crippen LogP contribution >= 0.6 is 0 Å². The van der Waals surface area contributed by atoms with E-state index in [9.17, 15) is 0 Å². The van der Waals surface area contributed by atoms with Crippen molar-refractivity contribution in [3.05, 3.63) is 0 Å². The van der Waals surface area contributed by atoms with Crippen molar-refractivity contribution < 1.29 is 4.74 Å². The lowest BCUT2D eigenvalue weighted by Gasteiger charge is -2.12. The van der Waals surface area contributed by atoms with Gasteiger partial charge in [0.25, 0.3) is 0 Å². The van der Waals surface area contributed by atoms with E-state index in [0.29, 0.717) is 6.10 Å². The largest absolute Gasteiger partial charge is 0.378 e. The third-order valence-electron chi connectivity index (χ3n) is 3.05. The van der Waals surface area contributed by atoms with Crippen LogP contribution in [0.2, 0.25) is 0 Å². The summed E-state index contributed by atoms with van der Waals surface area (Å²) in [4.78, 5) is 0. The Morgan fingerprint density at radius 1 is 1.43 bits per heavy atom. The molecule has 0 aromatic rings. The van der Waals surface area contributed by atoms with Crippen LogP contribution in [-0.4, -0.2) is 26.3 Å². The van der Waals surface area contributed by atoms with Gasteiger partial charge in [-0.2, -0.15) is 0 Å². The predicted octanol–water partition coefficient (Wildman–Crippen LogP) is 2.58. The standard InChI is InChI=1S/C12H25NO/c1-11(10-13-2)6-3-4-7-12-8-5-9-14-12/h11-13H,3-10H2,1-2H3. The van der Waals surface area contributed by atoms with Gasteiger partial charge >= 0.3 is 0 Å². The average Bonchev–Trinajstić information content (AvgIpc) is 2.65. The Morgan fingerprint density at radius 3 is 2.93 bits per heavy atom. The molecule has 0 amide bonds. The summed E-state index contributed by atoms with van der Waals surface area (Å²) in [6.07, 6.45) is 8.52. The van der Waals surface area contributed by atoms with E-state index in [0.717, 1.165) is 19.1 Å². The molecule has 0 radical (unpaired) electrons. The Morgan fingerprint density at radius 2 is 2.29 bits per heavy atom. The molecule has 0 spiro atoms. The minimum absolute atomic E-state index is 0.592. The molecule has 1 heterocycles. The number of hydrogen-bond acceptors (Lipinski definition) is 2. The lowest BCUT2D eigenvalue weighted by atomic mass is 10.0. The number of ether oxygens (including phenoxy) is 1. The van der Waals surface area contributed by atoms with Gasteiger partial charge in [-0.3, -0.25) is 0 Å². The summed E-state index contributed by atoms with van der Waals surface area (Å²) in [6.45, 7) is 4.48. The van der Waals surface area contributed by atoms with Crippen LogP contribution in [-0.2, 0) is 4.74 Å². The van der Waals surface area contributed by atoms with Gasteiger partial charge in [-0.05, 0) is 45.2 Å². The topological polar surface area (TPSA) is 21.3 Å². The SMILES string of the molecule is CNCC(C)CCCCC1CCCO1. The van der Waals surface area contributed by atoms with Crippen LogP contribution in [0, 0.1) is 5.92 Å². The minimum Gasteiger partial charge on any atom is -0.378 e. The van der Waals surface area contributed by atoms with Crippen LogP contribution in [0.4, 0.5) is 0 Å². The van der Waals surface area contributed by atoms with Gasteiger partial charge in [-0.1, -0.05) is 19.8 Å². The van der Waals surface area contributed by atoms with Crippen LogP contribution in [0.1, 0.15) is 45.4 Å². The maximum atomic E-state index is 5.60. The van der Waals surface area contributed by atoms with Gasteiger partial charge < -0.3 is 10.1 Å². The van der Waals surface area contributed by atoms with Crippen molar-refractivity contribution in [3.8, 4) is 0 Å². The van der Waals surface area contributed by atoms with Gasteiger partial charge in [0.1, 0.15) is 0 Å². The molecule has 0 aliphatic carbocycles. The second-order valence-corrected chi connectivity index (χ2v) is 4.58. The first-order valence-electron chi connectivity index (χ1n) is 6.09. The second-order valence-electron chi connectivity index (χ2n) is 4.58. The zero-order valence-electron chi connectivity index (χ0n) is 9.72. The van der Waals surface area contributed by atoms with Crippen LogP contribution in [0.5, 0.6) is 0 Å². The van der Waals surface area contributed by atoms with Gasteiger partial charge in [-0.25, -0.2) is 0 Å². The molecule has 0 saturated carbocycles. The molecule has 1 aliphatic rings. The smallest absolute Gasteiger partial charge is 0.0576 e. The highest BCUT2D eigenvalue weighted by Gasteiger charge is 2.14. The highest BCUT2D eigenvalue weighted by molar-refractivity contribution is 4.65.